The molecule has 0 bridgehead atoms. The smallest absolute Gasteiger partial charge is 0.278 e. The van der Waals surface area contributed by atoms with E-state index in [9.17, 15) is 14.7 Å². The first-order valence-corrected chi connectivity index (χ1v) is 13.2. The summed E-state index contributed by atoms with van der Waals surface area (Å²) in [5.41, 5.74) is 1.51. The predicted octanol–water partition coefficient (Wildman–Crippen LogP) is 3.26. The monoisotopic (exact) mass is 571 g/mol. The van der Waals surface area contributed by atoms with Crippen LogP contribution >= 0.6 is 23.2 Å². The van der Waals surface area contributed by atoms with E-state index < -0.39 is 23.6 Å². The number of nitrogens with one attached hydrogen (secondary N) is 2. The molecule has 5 rings (SSSR count). The largest absolute Gasteiger partial charge is 0.394 e. The van der Waals surface area contributed by atoms with Crippen LogP contribution in [0.3, 0.4) is 0 Å². The van der Waals surface area contributed by atoms with Gasteiger partial charge in [-0.05, 0) is 43.5 Å². The van der Waals surface area contributed by atoms with E-state index in [2.05, 4.69) is 25.7 Å². The van der Waals surface area contributed by atoms with Gasteiger partial charge in [0.25, 0.3) is 5.56 Å². The minimum absolute atomic E-state index is 0.201. The Morgan fingerprint density at radius 2 is 2.05 bits per heavy atom. The number of nitrogens with zero attached hydrogens (tertiary/aromatic N) is 5. The number of carbonyl (C=O) groups is 1. The summed E-state index contributed by atoms with van der Waals surface area (Å²) in [6.07, 6.45) is 6.18. The summed E-state index contributed by atoms with van der Waals surface area (Å²) >= 11 is 12.5. The first-order chi connectivity index (χ1) is 18.8. The third-order valence-corrected chi connectivity index (χ3v) is 7.19. The summed E-state index contributed by atoms with van der Waals surface area (Å²) < 4.78 is 8.06. The van der Waals surface area contributed by atoms with Crippen molar-refractivity contribution in [1.82, 2.24) is 29.5 Å². The highest BCUT2D eigenvalue weighted by Crippen LogP contribution is 2.28. The van der Waals surface area contributed by atoms with Gasteiger partial charge in [0.2, 0.25) is 11.9 Å². The number of aromatic nitrogens is 5. The van der Waals surface area contributed by atoms with E-state index in [1.165, 1.54) is 21.6 Å². The molecule has 4 aromatic rings. The molecular formula is C26H27Cl2N7O4. The molecule has 1 fully saturated rings. The molecule has 3 N–H and O–H groups in total. The lowest BCUT2D eigenvalue weighted by Gasteiger charge is -2.23. The van der Waals surface area contributed by atoms with Gasteiger partial charge in [0.05, 0.1) is 29.6 Å². The molecule has 0 aliphatic carbocycles. The van der Waals surface area contributed by atoms with Crippen molar-refractivity contribution in [1.29, 1.82) is 0 Å². The van der Waals surface area contributed by atoms with Crippen molar-refractivity contribution in [3.8, 4) is 11.3 Å². The number of ether oxygens (including phenoxy) is 1. The van der Waals surface area contributed by atoms with Crippen LogP contribution in [-0.2, 0) is 9.53 Å². The second kappa shape index (κ2) is 11.7. The molecule has 39 heavy (non-hydrogen) atoms. The quantitative estimate of drug-likeness (QED) is 0.293. The van der Waals surface area contributed by atoms with Crippen LogP contribution in [-0.4, -0.2) is 61.0 Å². The van der Waals surface area contributed by atoms with Crippen LogP contribution in [0.2, 0.25) is 10.0 Å². The van der Waals surface area contributed by atoms with Gasteiger partial charge in [-0.15, -0.1) is 0 Å². The molecule has 204 valence electrons. The van der Waals surface area contributed by atoms with Crippen molar-refractivity contribution in [2.24, 2.45) is 0 Å². The number of hydrogen-bond donors (Lipinski definition) is 3. The van der Waals surface area contributed by atoms with E-state index in [0.29, 0.717) is 46.0 Å². The Balaban J connectivity index is 1.39. The van der Waals surface area contributed by atoms with Crippen molar-refractivity contribution < 1.29 is 14.6 Å². The molecular weight excluding hydrogens is 545 g/mol. The number of carbonyl (C=O) groups excluding carboxylic acids is 1. The Morgan fingerprint density at radius 3 is 2.79 bits per heavy atom. The maximum absolute atomic E-state index is 13.4. The second-order valence-corrected chi connectivity index (χ2v) is 10.1. The SMILES string of the molecule is CC(C(=O)NC(CO)c1cccc(Cl)c1)n1cnn2cc(-c3nc(NC4CCOCC4)ncc3Cl)cc2c1=O. The summed E-state index contributed by atoms with van der Waals surface area (Å²) in [5.74, 6) is -0.0258. The van der Waals surface area contributed by atoms with Crippen LogP contribution < -0.4 is 16.2 Å². The number of aliphatic hydroxyl groups is 1. The van der Waals surface area contributed by atoms with E-state index >= 15 is 0 Å². The van der Waals surface area contributed by atoms with E-state index in [4.69, 9.17) is 27.9 Å². The van der Waals surface area contributed by atoms with Gasteiger partial charge in [0.1, 0.15) is 17.9 Å². The highest BCUT2D eigenvalue weighted by Gasteiger charge is 2.23. The molecule has 11 nitrogen and oxygen atoms in total. The number of rotatable bonds is 8. The van der Waals surface area contributed by atoms with Crippen molar-refractivity contribution in [3.63, 3.8) is 0 Å². The molecule has 3 aromatic heterocycles. The third kappa shape index (κ3) is 5.91. The fourth-order valence-corrected chi connectivity index (χ4v) is 4.85. The Morgan fingerprint density at radius 1 is 1.26 bits per heavy atom. The van der Waals surface area contributed by atoms with Crippen LogP contribution in [0.15, 0.2) is 53.8 Å². The molecule has 1 aliphatic heterocycles. The standard InChI is InChI=1S/C26H27Cl2N7O4/c1-15(24(37)32-21(13-36)16-3-2-4-18(27)9-16)34-14-30-35-12-17(10-22(35)25(34)38)23-20(28)11-29-26(33-23)31-19-5-7-39-8-6-19/h2-4,9-12,14-15,19,21,36H,5-8,13H2,1H3,(H,32,37)(H,29,31,33). The topological polar surface area (TPSA) is 136 Å². The lowest BCUT2D eigenvalue weighted by Crippen LogP contribution is -2.39. The van der Waals surface area contributed by atoms with Crippen LogP contribution in [0.1, 0.15) is 37.4 Å². The van der Waals surface area contributed by atoms with Crippen molar-refractivity contribution in [2.75, 3.05) is 25.1 Å². The van der Waals surface area contributed by atoms with Crippen LogP contribution in [0.5, 0.6) is 0 Å². The van der Waals surface area contributed by atoms with Gasteiger partial charge >= 0.3 is 0 Å². The van der Waals surface area contributed by atoms with E-state index in [0.717, 1.165) is 12.8 Å². The van der Waals surface area contributed by atoms with Crippen LogP contribution in [0, 0.1) is 0 Å². The average molecular weight is 572 g/mol. The molecule has 1 saturated heterocycles. The maximum Gasteiger partial charge on any atom is 0.278 e. The van der Waals surface area contributed by atoms with Crippen molar-refractivity contribution in [2.45, 2.75) is 37.9 Å². The van der Waals surface area contributed by atoms with Gasteiger partial charge in [-0.2, -0.15) is 5.10 Å². The Labute approximate surface area is 233 Å². The fourth-order valence-electron chi connectivity index (χ4n) is 4.45. The molecule has 4 heterocycles. The zero-order valence-corrected chi connectivity index (χ0v) is 22.6. The molecule has 1 amide bonds. The Bertz CT molecular complexity index is 1550. The third-order valence-electron chi connectivity index (χ3n) is 6.67. The Kier molecular flexibility index (Phi) is 8.12. The molecule has 1 aliphatic rings. The normalized spacial score (nSPS) is 15.7. The minimum atomic E-state index is -0.903. The number of halogens is 2. The van der Waals surface area contributed by atoms with Gasteiger partial charge < -0.3 is 20.5 Å². The number of hydrogen-bond acceptors (Lipinski definition) is 8. The number of benzene rings is 1. The summed E-state index contributed by atoms with van der Waals surface area (Å²) in [4.78, 5) is 35.3. The highest BCUT2D eigenvalue weighted by atomic mass is 35.5. The highest BCUT2D eigenvalue weighted by molar-refractivity contribution is 6.33. The molecule has 2 unspecified atom stereocenters. The van der Waals surface area contributed by atoms with E-state index in [1.54, 1.807) is 43.5 Å². The van der Waals surface area contributed by atoms with Gasteiger partial charge in [0.15, 0.2) is 0 Å². The average Bonchev–Trinajstić information content (AvgIpc) is 3.38. The molecule has 1 aromatic carbocycles. The van der Waals surface area contributed by atoms with Gasteiger partial charge in [0, 0.05) is 36.0 Å². The molecule has 13 heteroatoms. The number of fused-ring (bicyclic) bond motifs is 1. The minimum Gasteiger partial charge on any atom is -0.394 e. The predicted molar refractivity (Wildman–Crippen MR) is 147 cm³/mol. The lowest BCUT2D eigenvalue weighted by atomic mass is 10.1. The Hall–Kier alpha value is -3.51. The molecule has 0 radical (unpaired) electrons. The lowest BCUT2D eigenvalue weighted by molar-refractivity contribution is -0.125. The molecule has 0 saturated carbocycles. The number of amides is 1. The van der Waals surface area contributed by atoms with Gasteiger partial charge in [-0.1, -0.05) is 35.3 Å². The van der Waals surface area contributed by atoms with Gasteiger partial charge in [-0.3, -0.25) is 14.2 Å². The first-order valence-electron chi connectivity index (χ1n) is 12.5. The maximum atomic E-state index is 13.4. The van der Waals surface area contributed by atoms with E-state index in [1.807, 2.05) is 0 Å². The van der Waals surface area contributed by atoms with Gasteiger partial charge in [-0.25, -0.2) is 14.5 Å². The molecule has 0 spiro atoms. The zero-order valence-electron chi connectivity index (χ0n) is 21.1. The fraction of sp³-hybridized carbons (Fsp3) is 0.346. The van der Waals surface area contributed by atoms with Crippen molar-refractivity contribution in [3.05, 3.63) is 75.0 Å². The zero-order chi connectivity index (χ0) is 27.5. The molecule has 2 atom stereocenters. The van der Waals surface area contributed by atoms with Crippen molar-refractivity contribution >= 4 is 40.6 Å². The first kappa shape index (κ1) is 27.1. The van der Waals surface area contributed by atoms with Crippen LogP contribution in [0.4, 0.5) is 5.95 Å². The number of anilines is 1. The van der Waals surface area contributed by atoms with E-state index in [-0.39, 0.29) is 18.2 Å². The van der Waals surface area contributed by atoms with Crippen LogP contribution in [0.25, 0.3) is 16.8 Å². The summed E-state index contributed by atoms with van der Waals surface area (Å²) in [6.45, 7) is 2.61. The summed E-state index contributed by atoms with van der Waals surface area (Å²) in [7, 11) is 0. The summed E-state index contributed by atoms with van der Waals surface area (Å²) in [5, 5.41) is 21.1. The summed E-state index contributed by atoms with van der Waals surface area (Å²) in [6, 6.07) is 7.09. The number of aliphatic hydroxyl groups excluding tert-OH is 1. The second-order valence-electron chi connectivity index (χ2n) is 9.30.